The molecule has 0 radical (unpaired) electrons. The number of anilines is 2. The molecule has 2 saturated carbocycles. The van der Waals surface area contributed by atoms with Crippen LogP contribution < -0.4 is 15.5 Å². The number of hydrogen-bond acceptors (Lipinski definition) is 5. The Kier molecular flexibility index (Phi) is 8.01. The Balaban J connectivity index is 1.54. The molecule has 2 fully saturated rings. The van der Waals surface area contributed by atoms with E-state index in [4.69, 9.17) is 11.6 Å². The number of amides is 2. The zero-order valence-corrected chi connectivity index (χ0v) is 22.1. The molecule has 2 aromatic rings. The van der Waals surface area contributed by atoms with Gasteiger partial charge >= 0.3 is 0 Å². The first kappa shape index (κ1) is 25.9. The Bertz CT molecular complexity index is 1050. The fourth-order valence-corrected chi connectivity index (χ4v) is 6.22. The number of rotatable bonds is 10. The summed E-state index contributed by atoms with van der Waals surface area (Å²) in [5, 5.41) is 7.77. The molecule has 0 spiro atoms. The third-order valence-electron chi connectivity index (χ3n) is 7.17. The smallest absolute Gasteiger partial charge is 0.243 e. The fraction of sp³-hybridized carbons (Fsp3) is 0.577. The molecule has 0 bridgehead atoms. The molecule has 6 nitrogen and oxygen atoms in total. The summed E-state index contributed by atoms with van der Waals surface area (Å²) in [6, 6.07) is 4.99. The first-order valence-corrected chi connectivity index (χ1v) is 13.5. The first-order valence-electron chi connectivity index (χ1n) is 12.3. The maximum atomic E-state index is 13.3. The van der Waals surface area contributed by atoms with Crippen molar-refractivity contribution in [2.24, 2.45) is 5.92 Å². The number of aromatic nitrogens is 1. The molecule has 190 valence electrons. The second kappa shape index (κ2) is 10.8. The van der Waals surface area contributed by atoms with Crippen molar-refractivity contribution in [2.75, 3.05) is 10.2 Å². The van der Waals surface area contributed by atoms with Crippen molar-refractivity contribution in [3.8, 4) is 0 Å². The van der Waals surface area contributed by atoms with Crippen LogP contribution in [-0.2, 0) is 15.1 Å². The number of halogens is 2. The number of aryl methyl sites for hydroxylation is 1. The number of hydrogen-bond donors (Lipinski definition) is 2. The van der Waals surface area contributed by atoms with E-state index in [0.717, 1.165) is 53.4 Å². The van der Waals surface area contributed by atoms with E-state index in [1.54, 1.807) is 11.1 Å². The lowest BCUT2D eigenvalue weighted by Gasteiger charge is -2.34. The quantitative estimate of drug-likeness (QED) is 0.378. The van der Waals surface area contributed by atoms with Crippen LogP contribution in [0, 0.1) is 12.8 Å². The normalized spacial score (nSPS) is 21.3. The summed E-state index contributed by atoms with van der Waals surface area (Å²) >= 11 is 7.63. The van der Waals surface area contributed by atoms with Crippen LogP contribution in [0.15, 0.2) is 24.4 Å². The molecular weight excluding hydrogens is 487 g/mol. The minimum Gasteiger partial charge on any atom is -0.374 e. The molecule has 2 aromatic heterocycles. The van der Waals surface area contributed by atoms with Crippen molar-refractivity contribution in [3.63, 3.8) is 0 Å². The average molecular weight is 521 g/mol. The molecule has 0 aromatic carbocycles. The monoisotopic (exact) mass is 520 g/mol. The molecule has 35 heavy (non-hydrogen) atoms. The van der Waals surface area contributed by atoms with Gasteiger partial charge < -0.3 is 10.6 Å². The Morgan fingerprint density at radius 1 is 1.34 bits per heavy atom. The lowest BCUT2D eigenvalue weighted by molar-refractivity contribution is -0.125. The summed E-state index contributed by atoms with van der Waals surface area (Å²) in [7, 11) is 0. The van der Waals surface area contributed by atoms with Gasteiger partial charge in [0.15, 0.2) is 0 Å². The summed E-state index contributed by atoms with van der Waals surface area (Å²) in [5.74, 6) is 0.230. The number of carbonyl (C=O) groups is 2. The Labute approximate surface area is 215 Å². The van der Waals surface area contributed by atoms with Crippen molar-refractivity contribution in [3.05, 3.63) is 40.0 Å². The summed E-state index contributed by atoms with van der Waals surface area (Å²) in [6.45, 7) is 6.03. The van der Waals surface area contributed by atoms with E-state index < -0.39 is 17.8 Å². The molecule has 0 saturated heterocycles. The van der Waals surface area contributed by atoms with E-state index in [1.165, 1.54) is 11.3 Å². The SMILES string of the molecule is Cc1ncc(Cl)cc1NC(C)(C)c1ccc(N(C=O)[C@@H](CC2CCCC2)C(=O)NC2CC(F)C2)s1. The molecule has 2 amide bonds. The number of carbonyl (C=O) groups excluding carboxylic acids is 2. The molecule has 2 aliphatic carbocycles. The largest absolute Gasteiger partial charge is 0.374 e. The van der Waals surface area contributed by atoms with Crippen molar-refractivity contribution in [1.29, 1.82) is 0 Å². The zero-order valence-electron chi connectivity index (χ0n) is 20.5. The number of alkyl halides is 1. The van der Waals surface area contributed by atoms with E-state index in [0.29, 0.717) is 30.2 Å². The molecule has 2 heterocycles. The van der Waals surface area contributed by atoms with E-state index in [2.05, 4.69) is 29.5 Å². The number of nitrogens with one attached hydrogen (secondary N) is 2. The van der Waals surface area contributed by atoms with Gasteiger partial charge in [0.2, 0.25) is 12.3 Å². The molecule has 9 heteroatoms. The van der Waals surface area contributed by atoms with E-state index >= 15 is 0 Å². The number of nitrogens with zero attached hydrogens (tertiary/aromatic N) is 2. The van der Waals surface area contributed by atoms with Gasteiger partial charge in [0.05, 0.1) is 26.9 Å². The standard InChI is InChI=1S/C26H34ClFN4O2S/c1-16-21(11-18(27)14-29-16)31-26(2,3)23-8-9-24(35-23)32(15-33)22(10-17-6-4-5-7-17)25(34)30-20-12-19(28)13-20/h8-9,11,14-15,17,19-20,22,31H,4-7,10,12-13H2,1-3H3,(H,30,34)/t19?,20?,22-/m0/s1. The third kappa shape index (κ3) is 6.15. The van der Waals surface area contributed by atoms with Crippen molar-refractivity contribution >= 4 is 45.9 Å². The maximum Gasteiger partial charge on any atom is 0.243 e. The topological polar surface area (TPSA) is 74.3 Å². The second-order valence-corrected chi connectivity index (χ2v) is 11.9. The number of pyridine rings is 1. The van der Waals surface area contributed by atoms with Crippen LogP contribution in [0.25, 0.3) is 0 Å². The first-order chi connectivity index (χ1) is 16.7. The number of thiophene rings is 1. The summed E-state index contributed by atoms with van der Waals surface area (Å²) < 4.78 is 13.3. The highest BCUT2D eigenvalue weighted by atomic mass is 35.5. The van der Waals surface area contributed by atoms with Crippen LogP contribution in [0.1, 0.15) is 69.4 Å². The van der Waals surface area contributed by atoms with E-state index in [9.17, 15) is 14.0 Å². The molecule has 0 aliphatic heterocycles. The van der Waals surface area contributed by atoms with Gasteiger partial charge in [0.25, 0.3) is 0 Å². The molecular formula is C26H34ClFN4O2S. The third-order valence-corrected chi connectivity index (χ3v) is 8.80. The fourth-order valence-electron chi connectivity index (χ4n) is 4.99. The van der Waals surface area contributed by atoms with Crippen LogP contribution in [0.2, 0.25) is 5.02 Å². The molecule has 2 N–H and O–H groups in total. The highest BCUT2D eigenvalue weighted by Gasteiger charge is 2.36. The van der Waals surface area contributed by atoms with Gasteiger partial charge in [-0.25, -0.2) is 4.39 Å². The Morgan fingerprint density at radius 2 is 2.06 bits per heavy atom. The van der Waals surface area contributed by atoms with Gasteiger partial charge in [-0.15, -0.1) is 11.3 Å². The summed E-state index contributed by atoms with van der Waals surface area (Å²) in [4.78, 5) is 32.5. The predicted octanol–water partition coefficient (Wildman–Crippen LogP) is 5.98. The predicted molar refractivity (Wildman–Crippen MR) is 140 cm³/mol. The van der Waals surface area contributed by atoms with Crippen LogP contribution in [0.3, 0.4) is 0 Å². The van der Waals surface area contributed by atoms with Gasteiger partial charge in [-0.3, -0.25) is 19.5 Å². The van der Waals surface area contributed by atoms with Crippen molar-refractivity contribution in [2.45, 2.75) is 89.5 Å². The van der Waals surface area contributed by atoms with Crippen LogP contribution in [-0.4, -0.2) is 35.6 Å². The van der Waals surface area contributed by atoms with Crippen LogP contribution in [0.5, 0.6) is 0 Å². The van der Waals surface area contributed by atoms with Gasteiger partial charge in [0, 0.05) is 17.1 Å². The molecule has 1 atom stereocenters. The lowest BCUT2D eigenvalue weighted by Crippen LogP contribution is -2.53. The van der Waals surface area contributed by atoms with Crippen LogP contribution >= 0.6 is 22.9 Å². The summed E-state index contributed by atoms with van der Waals surface area (Å²) in [6.07, 6.45) is 7.33. The summed E-state index contributed by atoms with van der Waals surface area (Å²) in [5.41, 5.74) is 1.23. The molecule has 4 rings (SSSR count). The molecule has 0 unspecified atom stereocenters. The highest BCUT2D eigenvalue weighted by molar-refractivity contribution is 7.16. The second-order valence-electron chi connectivity index (χ2n) is 10.4. The molecule has 2 aliphatic rings. The minimum absolute atomic E-state index is 0.145. The van der Waals surface area contributed by atoms with Crippen molar-refractivity contribution < 1.29 is 14.0 Å². The Hall–Kier alpha value is -2.19. The van der Waals surface area contributed by atoms with E-state index in [-0.39, 0.29) is 11.9 Å². The van der Waals surface area contributed by atoms with Gasteiger partial charge in [0.1, 0.15) is 12.2 Å². The maximum absolute atomic E-state index is 13.3. The Morgan fingerprint density at radius 3 is 2.71 bits per heavy atom. The minimum atomic E-state index is -0.844. The van der Waals surface area contributed by atoms with Gasteiger partial charge in [-0.2, -0.15) is 0 Å². The zero-order chi connectivity index (χ0) is 25.2. The highest BCUT2D eigenvalue weighted by Crippen LogP contribution is 2.38. The van der Waals surface area contributed by atoms with Gasteiger partial charge in [-0.05, 0) is 64.2 Å². The lowest BCUT2D eigenvalue weighted by atomic mass is 9.90. The van der Waals surface area contributed by atoms with E-state index in [1.807, 2.05) is 25.1 Å². The average Bonchev–Trinajstić information content (AvgIpc) is 3.48. The van der Waals surface area contributed by atoms with Gasteiger partial charge in [-0.1, -0.05) is 37.3 Å². The van der Waals surface area contributed by atoms with Crippen LogP contribution in [0.4, 0.5) is 15.1 Å². The van der Waals surface area contributed by atoms with Crippen molar-refractivity contribution in [1.82, 2.24) is 10.3 Å².